The van der Waals surface area contributed by atoms with Crippen molar-refractivity contribution in [3.63, 3.8) is 0 Å². The lowest BCUT2D eigenvalue weighted by Crippen LogP contribution is -2.46. The maximum Gasteiger partial charge on any atom is 0.198 e. The molecule has 1 unspecified atom stereocenters. The summed E-state index contributed by atoms with van der Waals surface area (Å²) >= 11 is 0. The molecular formula is C18H28N6O2S. The molecule has 0 N–H and O–H groups in total. The van der Waals surface area contributed by atoms with Crippen molar-refractivity contribution in [2.45, 2.75) is 43.5 Å². The zero-order chi connectivity index (χ0) is 19.4. The van der Waals surface area contributed by atoms with Crippen molar-refractivity contribution < 1.29 is 8.42 Å². The monoisotopic (exact) mass is 392 g/mol. The van der Waals surface area contributed by atoms with Crippen LogP contribution >= 0.6 is 0 Å². The number of aryl methyl sites for hydroxylation is 1. The Hall–Kier alpha value is -1.84. The average molecular weight is 393 g/mol. The summed E-state index contributed by atoms with van der Waals surface area (Å²) in [6.07, 6.45) is 1.88. The molecule has 1 saturated heterocycles. The Bertz CT molecular complexity index is 841. The number of benzene rings is 1. The van der Waals surface area contributed by atoms with Gasteiger partial charge in [-0.2, -0.15) is 0 Å². The van der Waals surface area contributed by atoms with Gasteiger partial charge in [0.05, 0.1) is 10.9 Å². The number of tetrazole rings is 1. The van der Waals surface area contributed by atoms with Gasteiger partial charge < -0.3 is 4.90 Å². The van der Waals surface area contributed by atoms with Crippen LogP contribution in [0.4, 0.5) is 0 Å². The van der Waals surface area contributed by atoms with Crippen LogP contribution in [0, 0.1) is 6.92 Å². The minimum atomic E-state index is -3.52. The minimum absolute atomic E-state index is 0.0342. The molecule has 9 heteroatoms. The number of likely N-dealkylation sites (N-methyl/N-ethyl adjacent to an activating group) is 1. The molecule has 1 atom stereocenters. The molecule has 27 heavy (non-hydrogen) atoms. The van der Waals surface area contributed by atoms with E-state index in [2.05, 4.69) is 39.3 Å². The van der Waals surface area contributed by atoms with Crippen molar-refractivity contribution in [2.24, 2.45) is 0 Å². The summed E-state index contributed by atoms with van der Waals surface area (Å²) in [6.45, 7) is 7.89. The van der Waals surface area contributed by atoms with Crippen molar-refractivity contribution in [3.8, 4) is 0 Å². The molecular weight excluding hydrogens is 364 g/mol. The first-order valence-corrected chi connectivity index (χ1v) is 11.0. The van der Waals surface area contributed by atoms with Crippen LogP contribution in [0.3, 0.4) is 0 Å². The molecule has 1 aromatic carbocycles. The second-order valence-corrected chi connectivity index (χ2v) is 9.20. The van der Waals surface area contributed by atoms with Crippen LogP contribution in [0.1, 0.15) is 37.2 Å². The number of hydrogen-bond donors (Lipinski definition) is 0. The van der Waals surface area contributed by atoms with E-state index in [9.17, 15) is 8.42 Å². The number of rotatable bonds is 7. The largest absolute Gasteiger partial charge is 0.304 e. The van der Waals surface area contributed by atoms with Gasteiger partial charge in [0.1, 0.15) is 0 Å². The summed E-state index contributed by atoms with van der Waals surface area (Å²) in [7, 11) is -1.40. The van der Waals surface area contributed by atoms with E-state index in [1.807, 2.05) is 6.92 Å². The van der Waals surface area contributed by atoms with Crippen molar-refractivity contribution in [3.05, 3.63) is 35.7 Å². The predicted octanol–water partition coefficient (Wildman–Crippen LogP) is 1.50. The number of sulfone groups is 1. The molecule has 0 radical (unpaired) electrons. The smallest absolute Gasteiger partial charge is 0.198 e. The molecule has 0 aliphatic carbocycles. The SMILES string of the molecule is CCCC(c1nnnn1CS(=O)(=O)c1ccc(C)cc1)N1CCN(C)CC1. The lowest BCUT2D eigenvalue weighted by Gasteiger charge is -2.37. The molecule has 1 aliphatic rings. The molecule has 0 amide bonds. The maximum absolute atomic E-state index is 12.8. The van der Waals surface area contributed by atoms with E-state index in [0.29, 0.717) is 10.7 Å². The quantitative estimate of drug-likeness (QED) is 0.706. The van der Waals surface area contributed by atoms with Gasteiger partial charge in [-0.15, -0.1) is 5.10 Å². The van der Waals surface area contributed by atoms with E-state index in [0.717, 1.165) is 44.6 Å². The molecule has 2 heterocycles. The fourth-order valence-electron chi connectivity index (χ4n) is 3.41. The summed E-state index contributed by atoms with van der Waals surface area (Å²) in [5.41, 5.74) is 1.02. The molecule has 2 aromatic rings. The van der Waals surface area contributed by atoms with Crippen LogP contribution in [0.25, 0.3) is 0 Å². The van der Waals surface area contributed by atoms with Crippen molar-refractivity contribution in [1.82, 2.24) is 30.0 Å². The third kappa shape index (κ3) is 4.72. The van der Waals surface area contributed by atoms with E-state index >= 15 is 0 Å². The van der Waals surface area contributed by atoms with Crippen molar-refractivity contribution >= 4 is 9.84 Å². The van der Waals surface area contributed by atoms with Gasteiger partial charge in [-0.05, 0) is 43.0 Å². The molecule has 1 aliphatic heterocycles. The fraction of sp³-hybridized carbons (Fsp3) is 0.611. The molecule has 3 rings (SSSR count). The summed E-state index contributed by atoms with van der Waals surface area (Å²) in [5.74, 6) is 0.392. The fourth-order valence-corrected chi connectivity index (χ4v) is 4.61. The van der Waals surface area contributed by atoms with Gasteiger partial charge in [0.25, 0.3) is 0 Å². The Morgan fingerprint density at radius 2 is 1.78 bits per heavy atom. The number of aromatic nitrogens is 4. The zero-order valence-corrected chi connectivity index (χ0v) is 17.1. The number of nitrogens with zero attached hydrogens (tertiary/aromatic N) is 6. The maximum atomic E-state index is 12.8. The molecule has 1 aromatic heterocycles. The lowest BCUT2D eigenvalue weighted by molar-refractivity contribution is 0.0999. The summed E-state index contributed by atoms with van der Waals surface area (Å²) in [4.78, 5) is 4.95. The minimum Gasteiger partial charge on any atom is -0.304 e. The van der Waals surface area contributed by atoms with E-state index in [-0.39, 0.29) is 11.9 Å². The highest BCUT2D eigenvalue weighted by atomic mass is 32.2. The van der Waals surface area contributed by atoms with Crippen LogP contribution in [0.2, 0.25) is 0 Å². The molecule has 0 spiro atoms. The van der Waals surface area contributed by atoms with E-state index in [1.54, 1.807) is 24.3 Å². The molecule has 8 nitrogen and oxygen atoms in total. The van der Waals surface area contributed by atoms with Gasteiger partial charge in [0.15, 0.2) is 21.5 Å². The Morgan fingerprint density at radius 1 is 1.11 bits per heavy atom. The first kappa shape index (κ1) is 19.9. The van der Waals surface area contributed by atoms with Crippen molar-refractivity contribution in [1.29, 1.82) is 0 Å². The van der Waals surface area contributed by atoms with Gasteiger partial charge >= 0.3 is 0 Å². The Balaban J connectivity index is 1.84. The number of piperazine rings is 1. The first-order valence-electron chi connectivity index (χ1n) is 9.39. The molecule has 0 saturated carbocycles. The normalized spacial score (nSPS) is 17.9. The van der Waals surface area contributed by atoms with Gasteiger partial charge in [0, 0.05) is 26.2 Å². The zero-order valence-electron chi connectivity index (χ0n) is 16.2. The number of hydrogen-bond acceptors (Lipinski definition) is 7. The van der Waals surface area contributed by atoms with Crippen LogP contribution in [-0.4, -0.2) is 71.7 Å². The van der Waals surface area contributed by atoms with Crippen molar-refractivity contribution in [2.75, 3.05) is 33.2 Å². The van der Waals surface area contributed by atoms with Crippen LogP contribution in [0.15, 0.2) is 29.2 Å². The van der Waals surface area contributed by atoms with Crippen LogP contribution in [0.5, 0.6) is 0 Å². The van der Waals surface area contributed by atoms with Gasteiger partial charge in [-0.3, -0.25) is 4.90 Å². The Morgan fingerprint density at radius 3 is 2.41 bits per heavy atom. The first-order chi connectivity index (χ1) is 12.9. The average Bonchev–Trinajstić information content (AvgIpc) is 3.08. The Kier molecular flexibility index (Phi) is 6.23. The lowest BCUT2D eigenvalue weighted by atomic mass is 10.1. The van der Waals surface area contributed by atoms with Gasteiger partial charge in [0.2, 0.25) is 0 Å². The molecule has 0 bridgehead atoms. The second-order valence-electron chi connectivity index (χ2n) is 7.24. The van der Waals surface area contributed by atoms with E-state index in [1.165, 1.54) is 4.68 Å². The standard InChI is InChI=1S/C18H28N6O2S/c1-4-5-17(23-12-10-22(3)11-13-23)18-19-20-21-24(18)14-27(25,26)16-8-6-15(2)7-9-16/h6-9,17H,4-5,10-14H2,1-3H3. The van der Waals surface area contributed by atoms with E-state index < -0.39 is 9.84 Å². The highest BCUT2D eigenvalue weighted by molar-refractivity contribution is 7.90. The molecule has 1 fully saturated rings. The summed E-state index contributed by atoms with van der Waals surface area (Å²) in [6, 6.07) is 6.92. The third-order valence-electron chi connectivity index (χ3n) is 5.07. The molecule has 148 valence electrons. The summed E-state index contributed by atoms with van der Waals surface area (Å²) in [5, 5.41) is 12.0. The van der Waals surface area contributed by atoms with Gasteiger partial charge in [-0.1, -0.05) is 31.0 Å². The second kappa shape index (κ2) is 8.45. The van der Waals surface area contributed by atoms with Gasteiger partial charge in [-0.25, -0.2) is 13.1 Å². The van der Waals surface area contributed by atoms with Crippen LogP contribution < -0.4 is 0 Å². The highest BCUT2D eigenvalue weighted by Crippen LogP contribution is 2.25. The predicted molar refractivity (Wildman–Crippen MR) is 103 cm³/mol. The topological polar surface area (TPSA) is 84.2 Å². The summed E-state index contributed by atoms with van der Waals surface area (Å²) < 4.78 is 27.1. The third-order valence-corrected chi connectivity index (χ3v) is 6.65. The Labute approximate surface area is 161 Å². The highest BCUT2D eigenvalue weighted by Gasteiger charge is 2.29. The van der Waals surface area contributed by atoms with E-state index in [4.69, 9.17) is 0 Å². The van der Waals surface area contributed by atoms with Crippen LogP contribution in [-0.2, 0) is 15.7 Å².